The van der Waals surface area contributed by atoms with E-state index < -0.39 is 6.10 Å². The first-order valence-electron chi connectivity index (χ1n) is 18.7. The number of carbonyl (C=O) groups excluding carboxylic acids is 1. The fourth-order valence-corrected chi connectivity index (χ4v) is 5.03. The van der Waals surface area contributed by atoms with Crippen LogP contribution in [-0.2, 0) is 14.3 Å². The van der Waals surface area contributed by atoms with Gasteiger partial charge < -0.3 is 14.6 Å². The van der Waals surface area contributed by atoms with Gasteiger partial charge in [-0.25, -0.2) is 0 Å². The van der Waals surface area contributed by atoms with Gasteiger partial charge in [0.2, 0.25) is 0 Å². The molecule has 0 saturated heterocycles. The van der Waals surface area contributed by atoms with Crippen LogP contribution in [0.1, 0.15) is 174 Å². The third-order valence-corrected chi connectivity index (χ3v) is 7.88. The summed E-state index contributed by atoms with van der Waals surface area (Å²) in [4.78, 5) is 12.1. The van der Waals surface area contributed by atoms with Crippen LogP contribution < -0.4 is 0 Å². The van der Waals surface area contributed by atoms with Gasteiger partial charge in [-0.15, -0.1) is 0 Å². The molecule has 0 aromatic rings. The molecule has 0 spiro atoms. The molecule has 1 atom stereocenters. The molecule has 0 radical (unpaired) electrons. The molecule has 1 unspecified atom stereocenters. The Bertz CT molecular complexity index is 693. The van der Waals surface area contributed by atoms with E-state index in [4.69, 9.17) is 9.47 Å². The van der Waals surface area contributed by atoms with E-state index in [1.165, 1.54) is 103 Å². The van der Waals surface area contributed by atoms with Crippen molar-refractivity contribution in [1.29, 1.82) is 0 Å². The highest BCUT2D eigenvalue weighted by atomic mass is 16.6. The third-order valence-electron chi connectivity index (χ3n) is 7.88. The first-order chi connectivity index (χ1) is 21.7. The predicted molar refractivity (Wildman–Crippen MR) is 191 cm³/mol. The summed E-state index contributed by atoms with van der Waals surface area (Å²) in [6.07, 6.45) is 47.2. The second-order valence-corrected chi connectivity index (χ2v) is 12.3. The minimum absolute atomic E-state index is 0.183. The summed E-state index contributed by atoms with van der Waals surface area (Å²) in [6.45, 7) is 5.26. The molecular weight excluding hydrogens is 544 g/mol. The van der Waals surface area contributed by atoms with Crippen molar-refractivity contribution in [2.24, 2.45) is 0 Å². The van der Waals surface area contributed by atoms with Crippen LogP contribution in [0.5, 0.6) is 0 Å². The van der Waals surface area contributed by atoms with Gasteiger partial charge in [-0.1, -0.05) is 140 Å². The molecule has 4 heteroatoms. The lowest BCUT2D eigenvalue weighted by Gasteiger charge is -2.15. The quantitative estimate of drug-likeness (QED) is 0.0444. The molecule has 0 aliphatic rings. The molecule has 0 aliphatic heterocycles. The minimum atomic E-state index is -0.546. The number of aliphatic hydroxyl groups is 1. The average molecular weight is 617 g/mol. The van der Waals surface area contributed by atoms with Gasteiger partial charge in [0.1, 0.15) is 6.10 Å². The van der Waals surface area contributed by atoms with Crippen molar-refractivity contribution in [3.05, 3.63) is 48.6 Å². The van der Waals surface area contributed by atoms with Gasteiger partial charge in [0.25, 0.3) is 0 Å². The topological polar surface area (TPSA) is 55.8 Å². The van der Waals surface area contributed by atoms with Gasteiger partial charge in [0.05, 0.1) is 13.2 Å². The van der Waals surface area contributed by atoms with Crippen LogP contribution in [0.2, 0.25) is 0 Å². The van der Waals surface area contributed by atoms with E-state index in [1.54, 1.807) is 0 Å². The SMILES string of the molecule is CCCCC/C=C\C/C=C\CCCCCCCCOCC(CO)OC(=O)CCCCCCC/C=C\C/C=C\CCCCCC. The Labute approximate surface area is 273 Å². The zero-order chi connectivity index (χ0) is 32.0. The Kier molecular flexibility index (Phi) is 36.1. The molecule has 0 fully saturated rings. The van der Waals surface area contributed by atoms with Crippen LogP contribution in [0.3, 0.4) is 0 Å². The standard InChI is InChI=1S/C40H72O4/c1-3-5-7-9-11-13-15-17-19-21-23-25-27-29-31-33-35-40(42)44-39(37-41)38-43-36-34-32-30-28-26-24-22-20-18-16-14-12-10-8-6-4-2/h12-15,18-21,39,41H,3-11,16-17,22-38H2,1-2H3/b14-12-,15-13-,20-18-,21-19-. The van der Waals surface area contributed by atoms with E-state index in [2.05, 4.69) is 62.5 Å². The van der Waals surface area contributed by atoms with Gasteiger partial charge >= 0.3 is 5.97 Å². The van der Waals surface area contributed by atoms with E-state index >= 15 is 0 Å². The molecule has 4 nitrogen and oxygen atoms in total. The van der Waals surface area contributed by atoms with Crippen LogP contribution in [0.25, 0.3) is 0 Å². The molecule has 0 aromatic carbocycles. The first-order valence-corrected chi connectivity index (χ1v) is 18.7. The Hall–Kier alpha value is -1.65. The Morgan fingerprint density at radius 3 is 1.45 bits per heavy atom. The van der Waals surface area contributed by atoms with Crippen LogP contribution in [0, 0.1) is 0 Å². The van der Waals surface area contributed by atoms with Crippen LogP contribution in [-0.4, -0.2) is 37.0 Å². The molecule has 0 bridgehead atoms. The van der Waals surface area contributed by atoms with Crippen molar-refractivity contribution in [2.45, 2.75) is 180 Å². The summed E-state index contributed by atoms with van der Waals surface area (Å²) in [5.74, 6) is -0.220. The number of aliphatic hydroxyl groups excluding tert-OH is 1. The van der Waals surface area contributed by atoms with Gasteiger partial charge in [-0.05, 0) is 77.0 Å². The maximum atomic E-state index is 12.1. The summed E-state index contributed by atoms with van der Waals surface area (Å²) in [7, 11) is 0. The molecule has 1 N–H and O–H groups in total. The number of ether oxygens (including phenoxy) is 2. The van der Waals surface area contributed by atoms with Gasteiger partial charge in [-0.3, -0.25) is 4.79 Å². The van der Waals surface area contributed by atoms with Crippen molar-refractivity contribution in [1.82, 2.24) is 0 Å². The number of esters is 1. The van der Waals surface area contributed by atoms with Gasteiger partial charge in [0, 0.05) is 13.0 Å². The largest absolute Gasteiger partial charge is 0.457 e. The molecule has 0 heterocycles. The fraction of sp³-hybridized carbons (Fsp3) is 0.775. The van der Waals surface area contributed by atoms with Crippen molar-refractivity contribution in [2.75, 3.05) is 19.8 Å². The smallest absolute Gasteiger partial charge is 0.306 e. The summed E-state index contributed by atoms with van der Waals surface area (Å²) >= 11 is 0. The van der Waals surface area contributed by atoms with Crippen LogP contribution >= 0.6 is 0 Å². The molecule has 0 amide bonds. The Balaban J connectivity index is 3.51. The van der Waals surface area contributed by atoms with Gasteiger partial charge in [0.15, 0.2) is 0 Å². The molecule has 44 heavy (non-hydrogen) atoms. The number of unbranched alkanes of at least 4 members (excludes halogenated alkanes) is 18. The first kappa shape index (κ1) is 42.3. The second kappa shape index (κ2) is 37.5. The summed E-state index contributed by atoms with van der Waals surface area (Å²) in [5, 5.41) is 9.56. The van der Waals surface area contributed by atoms with Crippen molar-refractivity contribution >= 4 is 5.97 Å². The predicted octanol–water partition coefficient (Wildman–Crippen LogP) is 11.9. The zero-order valence-electron chi connectivity index (χ0n) is 29.2. The van der Waals surface area contributed by atoms with E-state index in [1.807, 2.05) is 0 Å². The van der Waals surface area contributed by atoms with Crippen LogP contribution in [0.4, 0.5) is 0 Å². The minimum Gasteiger partial charge on any atom is -0.457 e. The number of hydrogen-bond donors (Lipinski definition) is 1. The lowest BCUT2D eigenvalue weighted by Crippen LogP contribution is -2.27. The van der Waals surface area contributed by atoms with E-state index in [9.17, 15) is 9.90 Å². The third kappa shape index (κ3) is 34.8. The van der Waals surface area contributed by atoms with Crippen LogP contribution in [0.15, 0.2) is 48.6 Å². The molecular formula is C40H72O4. The molecule has 0 rings (SSSR count). The normalized spacial score (nSPS) is 12.9. The monoisotopic (exact) mass is 617 g/mol. The molecule has 0 aliphatic carbocycles. The van der Waals surface area contributed by atoms with E-state index in [-0.39, 0.29) is 19.2 Å². The van der Waals surface area contributed by atoms with Crippen molar-refractivity contribution < 1.29 is 19.4 Å². The zero-order valence-corrected chi connectivity index (χ0v) is 29.2. The number of rotatable bonds is 34. The highest BCUT2D eigenvalue weighted by molar-refractivity contribution is 5.69. The molecule has 0 aromatic heterocycles. The van der Waals surface area contributed by atoms with E-state index in [0.29, 0.717) is 13.0 Å². The summed E-state index contributed by atoms with van der Waals surface area (Å²) in [6, 6.07) is 0. The number of allylic oxidation sites excluding steroid dienone is 8. The highest BCUT2D eigenvalue weighted by Crippen LogP contribution is 2.11. The van der Waals surface area contributed by atoms with Gasteiger partial charge in [-0.2, -0.15) is 0 Å². The Morgan fingerprint density at radius 2 is 0.955 bits per heavy atom. The Morgan fingerprint density at radius 1 is 0.545 bits per heavy atom. The van der Waals surface area contributed by atoms with Crippen molar-refractivity contribution in [3.8, 4) is 0 Å². The number of carbonyl (C=O) groups is 1. The highest BCUT2D eigenvalue weighted by Gasteiger charge is 2.13. The number of hydrogen-bond acceptors (Lipinski definition) is 4. The van der Waals surface area contributed by atoms with Crippen molar-refractivity contribution in [3.63, 3.8) is 0 Å². The average Bonchev–Trinajstić information content (AvgIpc) is 3.03. The molecule has 0 saturated carbocycles. The summed E-state index contributed by atoms with van der Waals surface area (Å²) in [5.41, 5.74) is 0. The summed E-state index contributed by atoms with van der Waals surface area (Å²) < 4.78 is 11.1. The lowest BCUT2D eigenvalue weighted by atomic mass is 10.1. The van der Waals surface area contributed by atoms with E-state index in [0.717, 1.165) is 51.4 Å². The fourth-order valence-electron chi connectivity index (χ4n) is 5.03. The lowest BCUT2D eigenvalue weighted by molar-refractivity contribution is -0.154. The second-order valence-electron chi connectivity index (χ2n) is 12.3. The maximum Gasteiger partial charge on any atom is 0.306 e. The maximum absolute atomic E-state index is 12.1. The molecule has 256 valence electrons.